The van der Waals surface area contributed by atoms with Gasteiger partial charge in [-0.2, -0.15) is 0 Å². The van der Waals surface area contributed by atoms with E-state index in [-0.39, 0.29) is 11.3 Å². The molecule has 6 rings (SSSR count). The van der Waals surface area contributed by atoms with E-state index in [1.807, 2.05) is 12.1 Å². The number of alkyl halides is 1. The number of aromatic nitrogens is 2. The van der Waals surface area contributed by atoms with Crippen molar-refractivity contribution in [1.29, 1.82) is 0 Å². The molecule has 1 aromatic carbocycles. The lowest BCUT2D eigenvalue weighted by Crippen LogP contribution is -2.60. The van der Waals surface area contributed by atoms with Gasteiger partial charge in [0.25, 0.3) is 5.91 Å². The fourth-order valence-corrected chi connectivity index (χ4v) is 6.36. The van der Waals surface area contributed by atoms with Gasteiger partial charge in [0.05, 0.1) is 0 Å². The predicted molar refractivity (Wildman–Crippen MR) is 126 cm³/mol. The molecule has 4 aliphatic rings. The van der Waals surface area contributed by atoms with Gasteiger partial charge in [-0.15, -0.1) is 0 Å². The minimum Gasteiger partial charge on any atom is -0.485 e. The highest BCUT2D eigenvalue weighted by Crippen LogP contribution is 2.51. The molecular formula is C27H33FN4O2. The number of hydrogen-bond acceptors (Lipinski definition) is 5. The molecule has 6 nitrogen and oxygen atoms in total. The molecule has 2 aromatic rings. The third-order valence-electron chi connectivity index (χ3n) is 8.47. The second kappa shape index (κ2) is 8.59. The normalized spacial score (nSPS) is 25.8. The third-order valence-corrected chi connectivity index (χ3v) is 8.47. The van der Waals surface area contributed by atoms with Crippen LogP contribution in [0.2, 0.25) is 0 Å². The van der Waals surface area contributed by atoms with Gasteiger partial charge < -0.3 is 14.5 Å². The Bertz CT molecular complexity index is 1030. The number of piperidine rings is 1. The number of para-hydroxylation sites is 1. The maximum atomic E-state index is 14.1. The van der Waals surface area contributed by atoms with Crippen LogP contribution in [0.5, 0.6) is 5.75 Å². The molecule has 7 heteroatoms. The van der Waals surface area contributed by atoms with Crippen molar-refractivity contribution < 1.29 is 13.9 Å². The molecule has 2 saturated carbocycles. The molecule has 1 amide bonds. The highest BCUT2D eigenvalue weighted by molar-refractivity contribution is 5.88. The van der Waals surface area contributed by atoms with Crippen molar-refractivity contribution in [2.45, 2.75) is 69.2 Å². The van der Waals surface area contributed by atoms with Crippen LogP contribution in [0.1, 0.15) is 62.3 Å². The summed E-state index contributed by atoms with van der Waals surface area (Å²) in [6.07, 6.45) is 10.1. The largest absolute Gasteiger partial charge is 0.485 e. The summed E-state index contributed by atoms with van der Waals surface area (Å²) in [6, 6.07) is 10.8. The SMILES string of the molecule is O=C(N1CC2(CC[C@@H](N3CCC(c4ccccc4OCc4ncccn4)CC3)C2)C1)C1(F)CC1. The van der Waals surface area contributed by atoms with Crippen LogP contribution in [-0.4, -0.2) is 63.6 Å². The average Bonchev–Trinajstić information content (AvgIpc) is 3.45. The summed E-state index contributed by atoms with van der Waals surface area (Å²) in [6.45, 7) is 4.10. The zero-order valence-corrected chi connectivity index (χ0v) is 19.7. The molecular weight excluding hydrogens is 431 g/mol. The zero-order valence-electron chi connectivity index (χ0n) is 19.7. The number of nitrogens with zero attached hydrogens (tertiary/aromatic N) is 4. The zero-order chi connectivity index (χ0) is 23.2. The molecule has 2 aliphatic heterocycles. The second-order valence-corrected chi connectivity index (χ2v) is 10.8. The fourth-order valence-electron chi connectivity index (χ4n) is 6.36. The molecule has 0 bridgehead atoms. The van der Waals surface area contributed by atoms with Crippen LogP contribution in [0.4, 0.5) is 4.39 Å². The van der Waals surface area contributed by atoms with Gasteiger partial charge in [-0.3, -0.25) is 4.79 Å². The molecule has 1 aromatic heterocycles. The average molecular weight is 465 g/mol. The van der Waals surface area contributed by atoms with Gasteiger partial charge >= 0.3 is 0 Å². The lowest BCUT2D eigenvalue weighted by molar-refractivity contribution is -0.150. The van der Waals surface area contributed by atoms with Gasteiger partial charge in [0.2, 0.25) is 0 Å². The highest BCUT2D eigenvalue weighted by Gasteiger charge is 2.58. The number of hydrogen-bond donors (Lipinski definition) is 0. The van der Waals surface area contributed by atoms with Crippen molar-refractivity contribution in [2.75, 3.05) is 26.2 Å². The predicted octanol–water partition coefficient (Wildman–Crippen LogP) is 4.12. The Morgan fingerprint density at radius 2 is 1.76 bits per heavy atom. The molecule has 1 spiro atoms. The first kappa shape index (κ1) is 22.0. The van der Waals surface area contributed by atoms with Crippen LogP contribution in [-0.2, 0) is 11.4 Å². The number of ether oxygens (including phenoxy) is 1. The van der Waals surface area contributed by atoms with Crippen LogP contribution in [0.15, 0.2) is 42.7 Å². The minimum absolute atomic E-state index is 0.238. The summed E-state index contributed by atoms with van der Waals surface area (Å²) >= 11 is 0. The van der Waals surface area contributed by atoms with Gasteiger partial charge in [0, 0.05) is 36.9 Å². The Hall–Kier alpha value is -2.54. The van der Waals surface area contributed by atoms with Crippen molar-refractivity contribution in [3.63, 3.8) is 0 Å². The number of amides is 1. The summed E-state index contributed by atoms with van der Waals surface area (Å²) in [4.78, 5) is 25.2. The number of carbonyl (C=O) groups is 1. The Kier molecular flexibility index (Phi) is 5.55. The van der Waals surface area contributed by atoms with Gasteiger partial charge in [-0.25, -0.2) is 14.4 Å². The summed E-state index contributed by atoms with van der Waals surface area (Å²) in [7, 11) is 0. The molecule has 0 N–H and O–H groups in total. The molecule has 2 saturated heterocycles. The van der Waals surface area contributed by atoms with Crippen molar-refractivity contribution in [2.24, 2.45) is 5.41 Å². The van der Waals surface area contributed by atoms with Crippen LogP contribution < -0.4 is 4.74 Å². The summed E-state index contributed by atoms with van der Waals surface area (Å²) < 4.78 is 20.2. The van der Waals surface area contributed by atoms with Crippen molar-refractivity contribution >= 4 is 5.91 Å². The molecule has 0 unspecified atom stereocenters. The fraction of sp³-hybridized carbons (Fsp3) is 0.593. The molecule has 34 heavy (non-hydrogen) atoms. The first-order valence-electron chi connectivity index (χ1n) is 12.7. The number of likely N-dealkylation sites (tertiary alicyclic amines) is 2. The number of carbonyl (C=O) groups excluding carboxylic acids is 1. The number of halogens is 1. The van der Waals surface area contributed by atoms with Crippen LogP contribution >= 0.6 is 0 Å². The van der Waals surface area contributed by atoms with E-state index >= 15 is 0 Å². The molecule has 4 fully saturated rings. The van der Waals surface area contributed by atoms with Crippen molar-refractivity contribution in [1.82, 2.24) is 19.8 Å². The third kappa shape index (κ3) is 4.19. The van der Waals surface area contributed by atoms with Crippen LogP contribution in [0, 0.1) is 5.41 Å². The van der Waals surface area contributed by atoms with E-state index in [2.05, 4.69) is 33.1 Å². The Labute approximate surface area is 200 Å². The topological polar surface area (TPSA) is 58.6 Å². The lowest BCUT2D eigenvalue weighted by Gasteiger charge is -2.49. The molecule has 3 heterocycles. The van der Waals surface area contributed by atoms with Gasteiger partial charge in [-0.05, 0) is 81.6 Å². The number of benzene rings is 1. The van der Waals surface area contributed by atoms with Gasteiger partial charge in [0.1, 0.15) is 12.4 Å². The Morgan fingerprint density at radius 1 is 1.03 bits per heavy atom. The van der Waals surface area contributed by atoms with Gasteiger partial charge in [-0.1, -0.05) is 18.2 Å². The van der Waals surface area contributed by atoms with E-state index in [0.29, 0.717) is 37.2 Å². The molecule has 1 atom stereocenters. The van der Waals surface area contributed by atoms with Gasteiger partial charge in [0.15, 0.2) is 11.5 Å². The van der Waals surface area contributed by atoms with E-state index in [9.17, 15) is 9.18 Å². The summed E-state index contributed by atoms with van der Waals surface area (Å²) in [5, 5.41) is 0. The van der Waals surface area contributed by atoms with E-state index in [0.717, 1.165) is 51.2 Å². The number of rotatable bonds is 6. The molecule has 2 aliphatic carbocycles. The van der Waals surface area contributed by atoms with Crippen molar-refractivity contribution in [3.8, 4) is 5.75 Å². The quantitative estimate of drug-likeness (QED) is 0.644. The molecule has 0 radical (unpaired) electrons. The van der Waals surface area contributed by atoms with Crippen LogP contribution in [0.25, 0.3) is 0 Å². The Morgan fingerprint density at radius 3 is 2.50 bits per heavy atom. The first-order chi connectivity index (χ1) is 16.5. The second-order valence-electron chi connectivity index (χ2n) is 10.8. The lowest BCUT2D eigenvalue weighted by atomic mass is 9.77. The van der Waals surface area contributed by atoms with Crippen molar-refractivity contribution in [3.05, 3.63) is 54.1 Å². The summed E-state index contributed by atoms with van der Waals surface area (Å²) in [5.41, 5.74) is 0.00667. The monoisotopic (exact) mass is 464 g/mol. The maximum absolute atomic E-state index is 14.1. The Balaban J connectivity index is 1.02. The minimum atomic E-state index is -1.52. The van der Waals surface area contributed by atoms with E-state index in [1.165, 1.54) is 18.4 Å². The van der Waals surface area contributed by atoms with Crippen LogP contribution in [0.3, 0.4) is 0 Å². The maximum Gasteiger partial charge on any atom is 0.260 e. The first-order valence-corrected chi connectivity index (χ1v) is 12.7. The molecule has 180 valence electrons. The van der Waals surface area contributed by atoms with E-state index in [4.69, 9.17) is 4.74 Å². The highest BCUT2D eigenvalue weighted by atomic mass is 19.1. The standard InChI is InChI=1S/C27H33FN4O2/c28-27(10-11-27)25(33)32-18-26(19-32)9-6-21(16-26)31-14-7-20(8-15-31)22-4-1-2-5-23(22)34-17-24-29-12-3-13-30-24/h1-5,12-13,20-21H,6-11,14-19H2/t21-/m1/s1. The smallest absolute Gasteiger partial charge is 0.260 e. The van der Waals surface area contributed by atoms with E-state index < -0.39 is 5.67 Å². The van der Waals surface area contributed by atoms with E-state index in [1.54, 1.807) is 17.3 Å². The summed E-state index contributed by atoms with van der Waals surface area (Å²) in [5.74, 6) is 1.88.